The van der Waals surface area contributed by atoms with Gasteiger partial charge >= 0.3 is 0 Å². The molecule has 1 fully saturated rings. The highest BCUT2D eigenvalue weighted by molar-refractivity contribution is 9.10. The number of carbonyl (C=O) groups excluding carboxylic acids is 1. The smallest absolute Gasteiger partial charge is 0.225 e. The molecule has 7 heteroatoms. The van der Waals surface area contributed by atoms with Gasteiger partial charge in [-0.3, -0.25) is 9.48 Å². The number of hydrogen-bond donors (Lipinski definition) is 1. The first-order chi connectivity index (χ1) is 14.1. The first-order valence-electron chi connectivity index (χ1n) is 10.4. The summed E-state index contributed by atoms with van der Waals surface area (Å²) >= 11 is 3.56. The highest BCUT2D eigenvalue weighted by atomic mass is 79.9. The fraction of sp³-hybridized carbons (Fsp3) is 0.455. The van der Waals surface area contributed by atoms with E-state index in [-0.39, 0.29) is 11.7 Å². The number of ketones is 1. The zero-order valence-electron chi connectivity index (χ0n) is 16.5. The molecule has 2 aliphatic carbocycles. The van der Waals surface area contributed by atoms with Gasteiger partial charge in [0.05, 0.1) is 17.0 Å². The van der Waals surface area contributed by atoms with Gasteiger partial charge in [0, 0.05) is 29.7 Å². The number of Topliss-reactive ketones (excluding diaryl/α,β-unsaturated/α-hetero) is 1. The van der Waals surface area contributed by atoms with E-state index in [4.69, 9.17) is 9.97 Å². The summed E-state index contributed by atoms with van der Waals surface area (Å²) in [5.74, 6) is 0.418. The minimum Gasteiger partial charge on any atom is -0.351 e. The molecule has 0 spiro atoms. The number of fused-ring (bicyclic) bond motifs is 2. The first kappa shape index (κ1) is 18.7. The van der Waals surface area contributed by atoms with Gasteiger partial charge in [-0.25, -0.2) is 4.98 Å². The van der Waals surface area contributed by atoms with Gasteiger partial charge < -0.3 is 5.32 Å². The normalized spacial score (nSPS) is 19.2. The highest BCUT2D eigenvalue weighted by Crippen LogP contribution is 2.39. The topological polar surface area (TPSA) is 72.7 Å². The number of nitrogens with one attached hydrogen (secondary N) is 1. The Morgan fingerprint density at radius 1 is 1.24 bits per heavy atom. The lowest BCUT2D eigenvalue weighted by atomic mass is 9.95. The van der Waals surface area contributed by atoms with Crippen LogP contribution in [0.4, 0.5) is 5.95 Å². The third-order valence-corrected chi connectivity index (χ3v) is 6.47. The number of halogens is 1. The Labute approximate surface area is 178 Å². The van der Waals surface area contributed by atoms with Gasteiger partial charge in [0.2, 0.25) is 5.95 Å². The highest BCUT2D eigenvalue weighted by Gasteiger charge is 2.35. The van der Waals surface area contributed by atoms with Crippen LogP contribution in [0.3, 0.4) is 0 Å². The maximum Gasteiger partial charge on any atom is 0.225 e. The fourth-order valence-corrected chi connectivity index (χ4v) is 4.99. The lowest BCUT2D eigenvalue weighted by Gasteiger charge is -2.15. The van der Waals surface area contributed by atoms with Crippen LogP contribution in [0.2, 0.25) is 0 Å². The zero-order valence-corrected chi connectivity index (χ0v) is 18.1. The molecule has 2 aliphatic rings. The van der Waals surface area contributed by atoms with Gasteiger partial charge in [-0.15, -0.1) is 0 Å². The minimum absolute atomic E-state index is 0.188. The van der Waals surface area contributed by atoms with Crippen molar-refractivity contribution >= 4 is 38.7 Å². The van der Waals surface area contributed by atoms with Gasteiger partial charge in [-0.2, -0.15) is 10.1 Å². The quantitative estimate of drug-likeness (QED) is 0.610. The molecule has 0 bridgehead atoms. The first-order valence-corrected chi connectivity index (χ1v) is 11.2. The second kappa shape index (κ2) is 7.52. The van der Waals surface area contributed by atoms with E-state index in [0.29, 0.717) is 24.1 Å². The van der Waals surface area contributed by atoms with Crippen molar-refractivity contribution in [3.63, 3.8) is 0 Å². The van der Waals surface area contributed by atoms with Crippen molar-refractivity contribution in [1.82, 2.24) is 19.7 Å². The van der Waals surface area contributed by atoms with Gasteiger partial charge in [0.1, 0.15) is 0 Å². The van der Waals surface area contributed by atoms with Crippen LogP contribution >= 0.6 is 15.9 Å². The number of aromatic nitrogens is 4. The van der Waals surface area contributed by atoms with Crippen molar-refractivity contribution in [2.24, 2.45) is 0 Å². The zero-order chi connectivity index (χ0) is 20.0. The number of nitrogens with zero attached hydrogens (tertiary/aromatic N) is 4. The van der Waals surface area contributed by atoms with Gasteiger partial charge in [-0.05, 0) is 42.5 Å². The predicted octanol–water partition coefficient (Wildman–Crippen LogP) is 4.61. The molecular weight excluding hydrogens is 430 g/mol. The minimum atomic E-state index is -0.364. The summed E-state index contributed by atoms with van der Waals surface area (Å²) in [4.78, 5) is 22.6. The summed E-state index contributed by atoms with van der Waals surface area (Å²) in [5.41, 5.74) is 3.57. The number of hydrogen-bond acceptors (Lipinski definition) is 5. The number of rotatable bonds is 5. The van der Waals surface area contributed by atoms with Crippen molar-refractivity contribution in [1.29, 1.82) is 0 Å². The van der Waals surface area contributed by atoms with Crippen molar-refractivity contribution in [2.75, 3.05) is 5.32 Å². The third-order valence-electron chi connectivity index (χ3n) is 5.98. The molecule has 0 saturated heterocycles. The van der Waals surface area contributed by atoms with E-state index in [1.54, 1.807) is 0 Å². The van der Waals surface area contributed by atoms with E-state index in [2.05, 4.69) is 39.3 Å². The largest absolute Gasteiger partial charge is 0.351 e. The van der Waals surface area contributed by atoms with E-state index < -0.39 is 0 Å². The molecule has 2 heterocycles. The van der Waals surface area contributed by atoms with Crippen molar-refractivity contribution in [2.45, 2.75) is 64.0 Å². The third kappa shape index (κ3) is 3.45. The molecular formula is C22H24BrN5O. The van der Waals surface area contributed by atoms with E-state index in [1.807, 2.05) is 23.0 Å². The lowest BCUT2D eigenvalue weighted by Crippen LogP contribution is -2.18. The molecule has 5 rings (SSSR count). The molecule has 1 unspecified atom stereocenters. The van der Waals surface area contributed by atoms with E-state index >= 15 is 0 Å². The van der Waals surface area contributed by atoms with Crippen LogP contribution in [0, 0.1) is 0 Å². The summed E-state index contributed by atoms with van der Waals surface area (Å²) in [6.07, 6.45) is 8.19. The number of aryl methyl sites for hydroxylation is 1. The molecule has 150 valence electrons. The summed E-state index contributed by atoms with van der Waals surface area (Å²) in [6.45, 7) is 2.95. The van der Waals surface area contributed by atoms with E-state index in [1.165, 1.54) is 12.8 Å². The Bertz CT molecular complexity index is 1090. The van der Waals surface area contributed by atoms with Crippen molar-refractivity contribution < 1.29 is 4.79 Å². The Balaban J connectivity index is 1.65. The van der Waals surface area contributed by atoms with Gasteiger partial charge in [-0.1, -0.05) is 41.8 Å². The van der Waals surface area contributed by atoms with Crippen LogP contribution < -0.4 is 5.32 Å². The molecule has 3 aromatic rings. The van der Waals surface area contributed by atoms with Gasteiger partial charge in [0.25, 0.3) is 0 Å². The maximum absolute atomic E-state index is 13.1. The maximum atomic E-state index is 13.1. The molecule has 1 aromatic carbocycles. The summed E-state index contributed by atoms with van der Waals surface area (Å²) in [5, 5.41) is 9.05. The molecule has 0 aliphatic heterocycles. The van der Waals surface area contributed by atoms with Crippen LogP contribution in [0.15, 0.2) is 28.9 Å². The van der Waals surface area contributed by atoms with Gasteiger partial charge in [0.15, 0.2) is 11.4 Å². The van der Waals surface area contributed by atoms with E-state index in [9.17, 15) is 4.79 Å². The van der Waals surface area contributed by atoms with Crippen molar-refractivity contribution in [3.05, 3.63) is 45.7 Å². The van der Waals surface area contributed by atoms with Crippen LogP contribution in [0.5, 0.6) is 0 Å². The van der Waals surface area contributed by atoms with Crippen LogP contribution in [-0.4, -0.2) is 31.6 Å². The monoisotopic (exact) mass is 453 g/mol. The predicted molar refractivity (Wildman–Crippen MR) is 116 cm³/mol. The SMILES string of the molecule is CCCn1cc2c(C3C(=O)Cc4ccc(Br)cc43)nc(NC3CCCC3)nc2n1. The Morgan fingerprint density at radius 3 is 2.86 bits per heavy atom. The van der Waals surface area contributed by atoms with Crippen LogP contribution in [-0.2, 0) is 17.8 Å². The second-order valence-electron chi connectivity index (χ2n) is 8.11. The second-order valence-corrected chi connectivity index (χ2v) is 9.02. The molecule has 29 heavy (non-hydrogen) atoms. The Morgan fingerprint density at radius 2 is 2.07 bits per heavy atom. The average Bonchev–Trinajstić information content (AvgIpc) is 3.40. The lowest BCUT2D eigenvalue weighted by molar-refractivity contribution is -0.118. The molecule has 6 nitrogen and oxygen atoms in total. The average molecular weight is 454 g/mol. The standard InChI is InChI=1S/C22H24BrN5O/c1-2-9-28-12-17-20(19-16-11-14(23)8-7-13(16)10-18(19)29)25-22(26-21(17)27-28)24-15-5-3-4-6-15/h7-8,11-12,15,19H,2-6,9-10H2,1H3,(H,24,26,27). The summed E-state index contributed by atoms with van der Waals surface area (Å²) < 4.78 is 2.90. The summed E-state index contributed by atoms with van der Waals surface area (Å²) in [6, 6.07) is 6.49. The molecule has 0 radical (unpaired) electrons. The molecule has 2 aromatic heterocycles. The Kier molecular flexibility index (Phi) is 4.86. The number of benzene rings is 1. The van der Waals surface area contributed by atoms with Crippen molar-refractivity contribution in [3.8, 4) is 0 Å². The number of carbonyl (C=O) groups is 1. The molecule has 1 saturated carbocycles. The summed E-state index contributed by atoms with van der Waals surface area (Å²) in [7, 11) is 0. The Hall–Kier alpha value is -2.28. The molecule has 0 amide bonds. The van der Waals surface area contributed by atoms with Crippen LogP contribution in [0.25, 0.3) is 11.0 Å². The van der Waals surface area contributed by atoms with Crippen LogP contribution in [0.1, 0.15) is 61.8 Å². The molecule has 1 N–H and O–H groups in total. The number of anilines is 1. The molecule has 1 atom stereocenters. The fourth-order valence-electron chi connectivity index (χ4n) is 4.61. The van der Waals surface area contributed by atoms with E-state index in [0.717, 1.165) is 52.5 Å².